The molecule has 108 valence electrons. The number of carboxylic acid groups (broad SMARTS) is 1. The average Bonchev–Trinajstić information content (AvgIpc) is 2.68. The van der Waals surface area contributed by atoms with Gasteiger partial charge in [0.1, 0.15) is 5.82 Å². The highest BCUT2D eigenvalue weighted by Gasteiger charge is 2.16. The zero-order chi connectivity index (χ0) is 14.4. The number of hydrogen-bond acceptors (Lipinski definition) is 4. The predicted octanol–water partition coefficient (Wildman–Crippen LogP) is 2.70. The van der Waals surface area contributed by atoms with Crippen LogP contribution in [0.3, 0.4) is 0 Å². The molecule has 1 rings (SSSR count). The molecule has 0 saturated heterocycles. The molecule has 0 fully saturated rings. The molecule has 1 heterocycles. The summed E-state index contributed by atoms with van der Waals surface area (Å²) in [4.78, 5) is 10.7. The maximum absolute atomic E-state index is 10.7. The van der Waals surface area contributed by atoms with Crippen LogP contribution >= 0.6 is 11.8 Å². The van der Waals surface area contributed by atoms with Crippen LogP contribution in [0.4, 0.5) is 0 Å². The van der Waals surface area contributed by atoms with Crippen molar-refractivity contribution in [2.75, 3.05) is 5.75 Å². The maximum Gasteiger partial charge on any atom is 0.313 e. The summed E-state index contributed by atoms with van der Waals surface area (Å²) in [6.45, 7) is 9.46. The Balaban J connectivity index is 2.87. The minimum atomic E-state index is -0.826. The summed E-state index contributed by atoms with van der Waals surface area (Å²) in [6, 6.07) is 0. The molecule has 6 heteroatoms. The Morgan fingerprint density at radius 2 is 2.05 bits per heavy atom. The van der Waals surface area contributed by atoms with Crippen LogP contribution in [-0.4, -0.2) is 31.6 Å². The molecule has 0 aliphatic heterocycles. The standard InChI is InChI=1S/C13H23N3O2S/c1-5-10(4)6-11-14-15-13(19-8-12(17)18)16(11)7-9(2)3/h9-10H,5-8H2,1-4H3,(H,17,18). The molecule has 19 heavy (non-hydrogen) atoms. The number of thioether (sulfide) groups is 1. The number of hydrogen-bond donors (Lipinski definition) is 1. The van der Waals surface area contributed by atoms with Gasteiger partial charge in [0.05, 0.1) is 5.75 Å². The average molecular weight is 285 g/mol. The predicted molar refractivity (Wildman–Crippen MR) is 76.4 cm³/mol. The van der Waals surface area contributed by atoms with Crippen molar-refractivity contribution in [2.24, 2.45) is 11.8 Å². The van der Waals surface area contributed by atoms with E-state index in [0.717, 1.165) is 30.4 Å². The van der Waals surface area contributed by atoms with Crippen LogP contribution in [0.5, 0.6) is 0 Å². The van der Waals surface area contributed by atoms with Gasteiger partial charge in [-0.1, -0.05) is 45.9 Å². The minimum Gasteiger partial charge on any atom is -0.481 e. The molecule has 0 aliphatic rings. The van der Waals surface area contributed by atoms with Gasteiger partial charge >= 0.3 is 5.97 Å². The highest BCUT2D eigenvalue weighted by molar-refractivity contribution is 7.99. The van der Waals surface area contributed by atoms with Crippen LogP contribution in [0.2, 0.25) is 0 Å². The number of aliphatic carboxylic acids is 1. The molecule has 0 spiro atoms. The summed E-state index contributed by atoms with van der Waals surface area (Å²) in [6.07, 6.45) is 2.00. The monoisotopic (exact) mass is 285 g/mol. The van der Waals surface area contributed by atoms with Crippen LogP contribution in [0, 0.1) is 11.8 Å². The van der Waals surface area contributed by atoms with Crippen LogP contribution in [0.15, 0.2) is 5.16 Å². The molecule has 0 aliphatic carbocycles. The minimum absolute atomic E-state index is 0.0273. The summed E-state index contributed by atoms with van der Waals surface area (Å²) in [7, 11) is 0. The van der Waals surface area contributed by atoms with Crippen molar-refractivity contribution in [2.45, 2.75) is 52.2 Å². The van der Waals surface area contributed by atoms with Crippen molar-refractivity contribution < 1.29 is 9.90 Å². The van der Waals surface area contributed by atoms with Gasteiger partial charge in [-0.15, -0.1) is 10.2 Å². The van der Waals surface area contributed by atoms with Crippen molar-refractivity contribution in [3.8, 4) is 0 Å². The van der Waals surface area contributed by atoms with Crippen molar-refractivity contribution in [3.63, 3.8) is 0 Å². The molecule has 1 aromatic heterocycles. The molecule has 1 N–H and O–H groups in total. The first kappa shape index (κ1) is 16.0. The Hall–Kier alpha value is -1.04. The lowest BCUT2D eigenvalue weighted by molar-refractivity contribution is -0.133. The molecule has 1 aromatic rings. The second-order valence-corrected chi connectivity index (χ2v) is 6.25. The second-order valence-electron chi connectivity index (χ2n) is 5.30. The van der Waals surface area contributed by atoms with Gasteiger partial charge in [0.25, 0.3) is 0 Å². The molecular formula is C13H23N3O2S. The lowest BCUT2D eigenvalue weighted by Gasteiger charge is -2.14. The van der Waals surface area contributed by atoms with Crippen molar-refractivity contribution >= 4 is 17.7 Å². The van der Waals surface area contributed by atoms with Gasteiger partial charge in [0.2, 0.25) is 0 Å². The van der Waals surface area contributed by atoms with E-state index >= 15 is 0 Å². The normalized spacial score (nSPS) is 12.9. The molecule has 0 bridgehead atoms. The van der Waals surface area contributed by atoms with Crippen LogP contribution in [0.1, 0.15) is 39.9 Å². The van der Waals surface area contributed by atoms with Crippen LogP contribution in [0.25, 0.3) is 0 Å². The first-order valence-electron chi connectivity index (χ1n) is 6.70. The third kappa shape index (κ3) is 5.22. The second kappa shape index (κ2) is 7.53. The van der Waals surface area contributed by atoms with Gasteiger partial charge in [-0.05, 0) is 11.8 Å². The third-order valence-electron chi connectivity index (χ3n) is 2.89. The van der Waals surface area contributed by atoms with Crippen molar-refractivity contribution in [3.05, 3.63) is 5.82 Å². The van der Waals surface area contributed by atoms with Crippen molar-refractivity contribution in [1.29, 1.82) is 0 Å². The van der Waals surface area contributed by atoms with E-state index in [-0.39, 0.29) is 5.75 Å². The lowest BCUT2D eigenvalue weighted by Crippen LogP contribution is -2.13. The highest BCUT2D eigenvalue weighted by atomic mass is 32.2. The fourth-order valence-corrected chi connectivity index (χ4v) is 2.39. The number of nitrogens with zero attached hydrogens (tertiary/aromatic N) is 3. The summed E-state index contributed by atoms with van der Waals surface area (Å²) in [5.41, 5.74) is 0. The molecule has 5 nitrogen and oxygen atoms in total. The summed E-state index contributed by atoms with van der Waals surface area (Å²) in [5, 5.41) is 17.9. The van der Waals surface area contributed by atoms with E-state index in [2.05, 4.69) is 42.5 Å². The van der Waals surface area contributed by atoms with Gasteiger partial charge < -0.3 is 9.67 Å². The summed E-state index contributed by atoms with van der Waals surface area (Å²) >= 11 is 1.24. The van der Waals surface area contributed by atoms with E-state index in [0.29, 0.717) is 11.8 Å². The third-order valence-corrected chi connectivity index (χ3v) is 3.85. The number of carbonyl (C=O) groups is 1. The van der Waals surface area contributed by atoms with E-state index in [9.17, 15) is 4.79 Å². The van der Waals surface area contributed by atoms with E-state index < -0.39 is 5.97 Å². The zero-order valence-corrected chi connectivity index (χ0v) is 12.9. The van der Waals surface area contributed by atoms with Crippen LogP contribution in [-0.2, 0) is 17.8 Å². The molecule has 0 saturated carbocycles. The first-order chi connectivity index (χ1) is 8.93. The topological polar surface area (TPSA) is 68.0 Å². The van der Waals surface area contributed by atoms with Gasteiger partial charge in [0.15, 0.2) is 5.16 Å². The summed E-state index contributed by atoms with van der Waals surface area (Å²) in [5.74, 6) is 1.21. The Morgan fingerprint density at radius 1 is 1.37 bits per heavy atom. The van der Waals surface area contributed by atoms with Gasteiger partial charge in [-0.2, -0.15) is 0 Å². The first-order valence-corrected chi connectivity index (χ1v) is 7.69. The quantitative estimate of drug-likeness (QED) is 0.744. The van der Waals surface area contributed by atoms with Gasteiger partial charge in [0, 0.05) is 13.0 Å². The number of aromatic nitrogens is 3. The molecule has 0 amide bonds. The number of carboxylic acids is 1. The largest absolute Gasteiger partial charge is 0.481 e. The Labute approximate surface area is 118 Å². The van der Waals surface area contributed by atoms with Gasteiger partial charge in [-0.25, -0.2) is 0 Å². The van der Waals surface area contributed by atoms with E-state index in [1.807, 2.05) is 0 Å². The summed E-state index contributed by atoms with van der Waals surface area (Å²) < 4.78 is 2.07. The molecule has 0 aromatic carbocycles. The SMILES string of the molecule is CCC(C)Cc1nnc(SCC(=O)O)n1CC(C)C. The van der Waals surface area contributed by atoms with E-state index in [1.165, 1.54) is 11.8 Å². The molecule has 0 radical (unpaired) electrons. The fraction of sp³-hybridized carbons (Fsp3) is 0.769. The highest BCUT2D eigenvalue weighted by Crippen LogP contribution is 2.20. The van der Waals surface area contributed by atoms with E-state index in [1.54, 1.807) is 0 Å². The molecule has 1 unspecified atom stereocenters. The lowest BCUT2D eigenvalue weighted by atomic mass is 10.0. The Morgan fingerprint density at radius 3 is 2.58 bits per heavy atom. The van der Waals surface area contributed by atoms with Crippen molar-refractivity contribution in [1.82, 2.24) is 14.8 Å². The molecular weight excluding hydrogens is 262 g/mol. The zero-order valence-electron chi connectivity index (χ0n) is 12.1. The maximum atomic E-state index is 10.7. The smallest absolute Gasteiger partial charge is 0.313 e. The Bertz CT molecular complexity index is 418. The fourth-order valence-electron chi connectivity index (χ4n) is 1.71. The Kier molecular flexibility index (Phi) is 6.34. The molecule has 1 atom stereocenters. The van der Waals surface area contributed by atoms with Crippen LogP contribution < -0.4 is 0 Å². The van der Waals surface area contributed by atoms with E-state index in [4.69, 9.17) is 5.11 Å². The number of rotatable bonds is 8. The van der Waals surface area contributed by atoms with Gasteiger partial charge in [-0.3, -0.25) is 4.79 Å².